The van der Waals surface area contributed by atoms with Gasteiger partial charge in [0, 0.05) is 12.5 Å². The van der Waals surface area contributed by atoms with E-state index in [1.54, 1.807) is 26.0 Å². The minimum atomic E-state index is -1.05. The Morgan fingerprint density at radius 2 is 1.77 bits per heavy atom. The zero-order chi connectivity index (χ0) is 18.9. The molecule has 1 saturated carbocycles. The zero-order valence-corrected chi connectivity index (χ0v) is 16.1. The molecule has 0 radical (unpaired) electrons. The fraction of sp³-hybridized carbons (Fsp3) is 0.350. The second-order valence-electron chi connectivity index (χ2n) is 7.01. The van der Waals surface area contributed by atoms with Gasteiger partial charge in [-0.25, -0.2) is 4.39 Å². The van der Waals surface area contributed by atoms with Crippen LogP contribution in [0.1, 0.15) is 37.3 Å². The van der Waals surface area contributed by atoms with E-state index >= 15 is 0 Å². The maximum absolute atomic E-state index is 12.9. The summed E-state index contributed by atoms with van der Waals surface area (Å²) in [5.74, 6) is 0.172. The van der Waals surface area contributed by atoms with Gasteiger partial charge in [-0.2, -0.15) is 0 Å². The molecule has 3 nitrogen and oxygen atoms in total. The molecule has 138 valence electrons. The van der Waals surface area contributed by atoms with E-state index in [-0.39, 0.29) is 17.6 Å². The minimum Gasteiger partial charge on any atom is -0.478 e. The molecule has 26 heavy (non-hydrogen) atoms. The van der Waals surface area contributed by atoms with Crippen LogP contribution in [0, 0.1) is 5.82 Å². The van der Waals surface area contributed by atoms with Crippen molar-refractivity contribution in [2.75, 3.05) is 0 Å². The highest BCUT2D eigenvalue weighted by Crippen LogP contribution is 2.59. The average Bonchev–Trinajstić information content (AvgIpc) is 3.23. The highest BCUT2D eigenvalue weighted by Gasteiger charge is 2.52. The van der Waals surface area contributed by atoms with Crippen molar-refractivity contribution >= 4 is 29.1 Å². The average molecular weight is 396 g/mol. The van der Waals surface area contributed by atoms with Gasteiger partial charge in [0.15, 0.2) is 5.60 Å². The lowest BCUT2D eigenvalue weighted by molar-refractivity contribution is -0.134. The summed E-state index contributed by atoms with van der Waals surface area (Å²) in [5, 5.41) is 2.81. The first-order chi connectivity index (χ1) is 12.2. The zero-order valence-electron chi connectivity index (χ0n) is 14.6. The van der Waals surface area contributed by atoms with Crippen LogP contribution in [0.4, 0.5) is 4.39 Å². The van der Waals surface area contributed by atoms with Gasteiger partial charge in [0.05, 0.1) is 0 Å². The minimum absolute atomic E-state index is 0.145. The van der Waals surface area contributed by atoms with Gasteiger partial charge < -0.3 is 10.1 Å². The molecule has 1 amide bonds. The van der Waals surface area contributed by atoms with Gasteiger partial charge >= 0.3 is 0 Å². The van der Waals surface area contributed by atoms with Crippen LogP contribution < -0.4 is 10.1 Å². The van der Waals surface area contributed by atoms with Crippen molar-refractivity contribution in [2.45, 2.75) is 42.7 Å². The first-order valence-electron chi connectivity index (χ1n) is 8.37. The van der Waals surface area contributed by atoms with Crippen LogP contribution in [-0.4, -0.2) is 15.8 Å². The normalized spacial score (nSPS) is 18.3. The third-order valence-corrected chi connectivity index (χ3v) is 5.23. The number of rotatable bonds is 6. The molecule has 1 N–H and O–H groups in total. The summed E-state index contributed by atoms with van der Waals surface area (Å²) in [7, 11) is 0. The van der Waals surface area contributed by atoms with E-state index in [4.69, 9.17) is 27.9 Å². The first kappa shape index (κ1) is 19.0. The summed E-state index contributed by atoms with van der Waals surface area (Å²) in [4.78, 5) is 12.4. The van der Waals surface area contributed by atoms with E-state index in [1.807, 2.05) is 24.3 Å². The lowest BCUT2D eigenvalue weighted by Crippen LogP contribution is -2.46. The van der Waals surface area contributed by atoms with E-state index in [0.29, 0.717) is 12.3 Å². The predicted octanol–water partition coefficient (Wildman–Crippen LogP) is 4.96. The van der Waals surface area contributed by atoms with Gasteiger partial charge in [-0.15, -0.1) is 23.2 Å². The molecule has 1 fully saturated rings. The van der Waals surface area contributed by atoms with Gasteiger partial charge in [-0.05, 0) is 55.7 Å². The molecule has 0 aliphatic heterocycles. The number of carbonyl (C=O) groups is 1. The molecule has 0 bridgehead atoms. The van der Waals surface area contributed by atoms with E-state index in [1.165, 1.54) is 12.1 Å². The lowest BCUT2D eigenvalue weighted by Gasteiger charge is -2.25. The van der Waals surface area contributed by atoms with Crippen molar-refractivity contribution in [2.24, 2.45) is 0 Å². The molecule has 3 rings (SSSR count). The van der Waals surface area contributed by atoms with E-state index in [9.17, 15) is 9.18 Å². The number of hydrogen-bond donors (Lipinski definition) is 1. The smallest absolute Gasteiger partial charge is 0.263 e. The second-order valence-corrected chi connectivity index (χ2v) is 8.55. The number of carbonyl (C=O) groups excluding carboxylic acids is 1. The van der Waals surface area contributed by atoms with Crippen LogP contribution in [0.25, 0.3) is 0 Å². The molecular formula is C20H20Cl2FNO2. The van der Waals surface area contributed by atoms with E-state index in [0.717, 1.165) is 17.5 Å². The molecule has 0 aromatic heterocycles. The summed E-state index contributed by atoms with van der Waals surface area (Å²) >= 11 is 12.2. The van der Waals surface area contributed by atoms with Crippen LogP contribution in [0.2, 0.25) is 0 Å². The molecule has 0 heterocycles. The Balaban J connectivity index is 1.57. The Morgan fingerprint density at radius 3 is 2.31 bits per heavy atom. The molecule has 2 aromatic carbocycles. The van der Waals surface area contributed by atoms with Gasteiger partial charge in [0.25, 0.3) is 5.91 Å². The molecule has 6 heteroatoms. The summed E-state index contributed by atoms with van der Waals surface area (Å²) in [6, 6.07) is 13.4. The molecule has 0 unspecified atom stereocenters. The van der Waals surface area contributed by atoms with Crippen LogP contribution >= 0.6 is 23.2 Å². The topological polar surface area (TPSA) is 38.3 Å². The van der Waals surface area contributed by atoms with Crippen LogP contribution in [0.15, 0.2) is 48.5 Å². The van der Waals surface area contributed by atoms with Crippen molar-refractivity contribution < 1.29 is 13.9 Å². The van der Waals surface area contributed by atoms with E-state index < -0.39 is 9.93 Å². The van der Waals surface area contributed by atoms with Gasteiger partial charge in [-0.3, -0.25) is 4.79 Å². The third kappa shape index (κ3) is 4.49. The third-order valence-electron chi connectivity index (χ3n) is 4.39. The second kappa shape index (κ2) is 7.09. The number of alkyl halides is 2. The van der Waals surface area contributed by atoms with Crippen LogP contribution in [0.5, 0.6) is 5.75 Å². The quantitative estimate of drug-likeness (QED) is 0.701. The Bertz CT molecular complexity index is 788. The summed E-state index contributed by atoms with van der Waals surface area (Å²) in [5.41, 5.74) is 0.819. The van der Waals surface area contributed by atoms with Gasteiger partial charge in [-0.1, -0.05) is 24.3 Å². The molecule has 1 atom stereocenters. The fourth-order valence-corrected chi connectivity index (χ4v) is 3.24. The Hall–Kier alpha value is -1.78. The predicted molar refractivity (Wildman–Crippen MR) is 101 cm³/mol. The molecule has 2 aromatic rings. The van der Waals surface area contributed by atoms with Gasteiger partial charge in [0.1, 0.15) is 15.9 Å². The fourth-order valence-electron chi connectivity index (χ4n) is 2.68. The number of nitrogens with one attached hydrogen (secondary N) is 1. The summed E-state index contributed by atoms with van der Waals surface area (Å²) in [6.45, 7) is 3.70. The molecule has 0 spiro atoms. The van der Waals surface area contributed by atoms with Gasteiger partial charge in [0.2, 0.25) is 0 Å². The van der Waals surface area contributed by atoms with Crippen molar-refractivity contribution in [1.82, 2.24) is 5.32 Å². The molecule has 0 saturated heterocycles. The Labute approximate surface area is 162 Å². The Morgan fingerprint density at radius 1 is 1.19 bits per heavy atom. The number of benzene rings is 2. The monoisotopic (exact) mass is 395 g/mol. The number of amides is 1. The molecule has 1 aliphatic rings. The molecular weight excluding hydrogens is 376 g/mol. The van der Waals surface area contributed by atoms with Crippen molar-refractivity contribution in [3.05, 3.63) is 65.5 Å². The molecule has 1 aliphatic carbocycles. The maximum Gasteiger partial charge on any atom is 0.263 e. The number of halogens is 3. The van der Waals surface area contributed by atoms with Crippen molar-refractivity contribution in [3.8, 4) is 5.75 Å². The first-order valence-corrected chi connectivity index (χ1v) is 9.12. The maximum atomic E-state index is 12.9. The van der Waals surface area contributed by atoms with Crippen LogP contribution in [0.3, 0.4) is 0 Å². The van der Waals surface area contributed by atoms with Crippen molar-refractivity contribution in [3.63, 3.8) is 0 Å². The highest BCUT2D eigenvalue weighted by molar-refractivity contribution is 6.51. The summed E-state index contributed by atoms with van der Waals surface area (Å²) < 4.78 is 18.1. The Kier molecular flexibility index (Phi) is 5.18. The van der Waals surface area contributed by atoms with Crippen molar-refractivity contribution in [1.29, 1.82) is 0 Å². The number of hydrogen-bond acceptors (Lipinski definition) is 2. The highest BCUT2D eigenvalue weighted by atomic mass is 35.5. The standard InChI is InChI=1S/C20H20Cl2FNO2/c1-19(2,18(25)24-12-13-3-7-15(23)8-4-13)26-16-9-5-14(6-10-16)17-11-20(17,21)22/h3-10,17H,11-12H2,1-2H3,(H,24,25)/t17-/m0/s1. The number of ether oxygens (including phenoxy) is 1. The van der Waals surface area contributed by atoms with E-state index in [2.05, 4.69) is 5.32 Å². The lowest BCUT2D eigenvalue weighted by atomic mass is 10.1. The SMILES string of the molecule is CC(C)(Oc1ccc([C@@H]2CC2(Cl)Cl)cc1)C(=O)NCc1ccc(F)cc1. The summed E-state index contributed by atoms with van der Waals surface area (Å²) in [6.07, 6.45) is 0.744. The largest absolute Gasteiger partial charge is 0.478 e. The van der Waals surface area contributed by atoms with Crippen LogP contribution in [-0.2, 0) is 11.3 Å².